The van der Waals surface area contributed by atoms with Crippen molar-refractivity contribution in [2.24, 2.45) is 0 Å². The highest BCUT2D eigenvalue weighted by Crippen LogP contribution is 2.32. The molecule has 2 saturated heterocycles. The molecule has 1 spiro atoms. The van der Waals surface area contributed by atoms with E-state index in [-0.39, 0.29) is 23.5 Å². The summed E-state index contributed by atoms with van der Waals surface area (Å²) < 4.78 is 0. The van der Waals surface area contributed by atoms with Gasteiger partial charge < -0.3 is 9.80 Å². The van der Waals surface area contributed by atoms with E-state index >= 15 is 0 Å². The fraction of sp³-hybridized carbons (Fsp3) is 0.333. The first-order chi connectivity index (χ1) is 14.5. The topological polar surface area (TPSA) is 52.7 Å². The summed E-state index contributed by atoms with van der Waals surface area (Å²) in [6.07, 6.45) is 5.44. The highest BCUT2D eigenvalue weighted by atomic mass is 35.5. The molecule has 0 aromatic heterocycles. The molecule has 4 rings (SSSR count). The standard InChI is InChI=1S/C24H26ClN3O2/c1-27-23(30)21(17-18-7-3-2-4-8-18)26-24(27)13-15-28(16-14-24)22(29)12-11-19-9-5-6-10-20(19)25/h2-12,21,26H,13-17H2,1H3/b12-11+. The molecule has 2 heterocycles. The van der Waals surface area contributed by atoms with E-state index in [9.17, 15) is 9.59 Å². The van der Waals surface area contributed by atoms with E-state index in [1.807, 2.05) is 65.4 Å². The predicted molar refractivity (Wildman–Crippen MR) is 119 cm³/mol. The Morgan fingerprint density at radius 2 is 1.80 bits per heavy atom. The molecule has 2 aliphatic rings. The van der Waals surface area contributed by atoms with Crippen LogP contribution >= 0.6 is 11.6 Å². The molecule has 30 heavy (non-hydrogen) atoms. The number of hydrogen-bond donors (Lipinski definition) is 1. The van der Waals surface area contributed by atoms with Crippen LogP contribution in [0.15, 0.2) is 60.7 Å². The molecular weight excluding hydrogens is 398 g/mol. The lowest BCUT2D eigenvalue weighted by atomic mass is 9.96. The van der Waals surface area contributed by atoms with E-state index in [1.165, 1.54) is 0 Å². The van der Waals surface area contributed by atoms with E-state index in [1.54, 1.807) is 18.2 Å². The Bertz CT molecular complexity index is 952. The van der Waals surface area contributed by atoms with Crippen LogP contribution in [0.4, 0.5) is 0 Å². The number of rotatable bonds is 4. The highest BCUT2D eigenvalue weighted by Gasteiger charge is 2.49. The fourth-order valence-electron chi connectivity index (χ4n) is 4.37. The van der Waals surface area contributed by atoms with Crippen molar-refractivity contribution in [2.45, 2.75) is 31.0 Å². The van der Waals surface area contributed by atoms with Gasteiger partial charge >= 0.3 is 0 Å². The number of likely N-dealkylation sites (N-methyl/N-ethyl adjacent to an activating group) is 1. The van der Waals surface area contributed by atoms with Gasteiger partial charge in [-0.1, -0.05) is 60.1 Å². The number of amides is 2. The van der Waals surface area contributed by atoms with Gasteiger partial charge in [0.25, 0.3) is 0 Å². The summed E-state index contributed by atoms with van der Waals surface area (Å²) >= 11 is 6.15. The molecule has 1 N–H and O–H groups in total. The molecule has 2 fully saturated rings. The normalized spacial score (nSPS) is 21.0. The van der Waals surface area contributed by atoms with Crippen LogP contribution in [0.5, 0.6) is 0 Å². The Hall–Kier alpha value is -2.63. The van der Waals surface area contributed by atoms with Crippen LogP contribution in [0, 0.1) is 0 Å². The lowest BCUT2D eigenvalue weighted by Crippen LogP contribution is -2.58. The molecule has 1 atom stereocenters. The lowest BCUT2D eigenvalue weighted by Gasteiger charge is -2.43. The molecule has 0 radical (unpaired) electrons. The van der Waals surface area contributed by atoms with Gasteiger partial charge in [0.2, 0.25) is 11.8 Å². The van der Waals surface area contributed by atoms with Gasteiger partial charge in [0.1, 0.15) is 0 Å². The number of nitrogens with zero attached hydrogens (tertiary/aromatic N) is 2. The maximum atomic E-state index is 12.8. The second kappa shape index (κ2) is 8.62. The van der Waals surface area contributed by atoms with Crippen molar-refractivity contribution in [1.82, 2.24) is 15.1 Å². The number of nitrogens with one attached hydrogen (secondary N) is 1. The molecule has 0 aliphatic carbocycles. The fourth-order valence-corrected chi connectivity index (χ4v) is 4.57. The molecule has 2 aliphatic heterocycles. The predicted octanol–water partition coefficient (Wildman–Crippen LogP) is 3.34. The van der Waals surface area contributed by atoms with Crippen molar-refractivity contribution >= 4 is 29.5 Å². The van der Waals surface area contributed by atoms with Gasteiger partial charge in [-0.15, -0.1) is 0 Å². The molecule has 2 aromatic rings. The Morgan fingerprint density at radius 1 is 1.13 bits per heavy atom. The van der Waals surface area contributed by atoms with E-state index < -0.39 is 0 Å². The molecule has 1 unspecified atom stereocenters. The summed E-state index contributed by atoms with van der Waals surface area (Å²) in [4.78, 5) is 29.2. The van der Waals surface area contributed by atoms with Crippen LogP contribution in [0.3, 0.4) is 0 Å². The Labute approximate surface area is 182 Å². The first-order valence-electron chi connectivity index (χ1n) is 10.3. The number of likely N-dealkylation sites (tertiary alicyclic amines) is 1. The monoisotopic (exact) mass is 423 g/mol. The average Bonchev–Trinajstić information content (AvgIpc) is 2.99. The van der Waals surface area contributed by atoms with Crippen LogP contribution in [-0.4, -0.2) is 53.5 Å². The molecule has 2 aromatic carbocycles. The van der Waals surface area contributed by atoms with Gasteiger partial charge in [0.15, 0.2) is 0 Å². The summed E-state index contributed by atoms with van der Waals surface area (Å²) in [5.41, 5.74) is 1.60. The van der Waals surface area contributed by atoms with E-state index in [2.05, 4.69) is 5.32 Å². The van der Waals surface area contributed by atoms with E-state index in [4.69, 9.17) is 11.6 Å². The van der Waals surface area contributed by atoms with Gasteiger partial charge in [0.05, 0.1) is 11.7 Å². The summed E-state index contributed by atoms with van der Waals surface area (Å²) in [6.45, 7) is 1.21. The van der Waals surface area contributed by atoms with E-state index in [0.717, 1.165) is 11.1 Å². The molecule has 6 heteroatoms. The number of hydrogen-bond acceptors (Lipinski definition) is 3. The number of piperidine rings is 1. The van der Waals surface area contributed by atoms with Gasteiger partial charge in [-0.05, 0) is 29.7 Å². The van der Waals surface area contributed by atoms with E-state index in [0.29, 0.717) is 37.4 Å². The first kappa shape index (κ1) is 20.6. The molecule has 0 saturated carbocycles. The van der Waals surface area contributed by atoms with Crippen LogP contribution in [0.25, 0.3) is 6.08 Å². The smallest absolute Gasteiger partial charge is 0.246 e. The quantitative estimate of drug-likeness (QED) is 0.767. The summed E-state index contributed by atoms with van der Waals surface area (Å²) in [5, 5.41) is 4.21. The highest BCUT2D eigenvalue weighted by molar-refractivity contribution is 6.32. The zero-order valence-corrected chi connectivity index (χ0v) is 17.8. The Kier molecular flexibility index (Phi) is 5.93. The van der Waals surface area contributed by atoms with Crippen LogP contribution < -0.4 is 5.32 Å². The average molecular weight is 424 g/mol. The molecule has 0 bridgehead atoms. The maximum Gasteiger partial charge on any atom is 0.246 e. The number of halogens is 1. The van der Waals surface area contributed by atoms with Crippen LogP contribution in [-0.2, 0) is 16.0 Å². The third-order valence-corrected chi connectivity index (χ3v) is 6.55. The largest absolute Gasteiger partial charge is 0.339 e. The third-order valence-electron chi connectivity index (χ3n) is 6.21. The van der Waals surface area contributed by atoms with Crippen molar-refractivity contribution in [3.63, 3.8) is 0 Å². The second-order valence-electron chi connectivity index (χ2n) is 8.00. The SMILES string of the molecule is CN1C(=O)C(Cc2ccccc2)NC12CCN(C(=O)/C=C/c1ccccc1Cl)CC2. The minimum absolute atomic E-state index is 0.0300. The summed E-state index contributed by atoms with van der Waals surface area (Å²) in [5.74, 6) is 0.0924. The minimum atomic E-state index is -0.375. The van der Waals surface area contributed by atoms with Gasteiger partial charge in [-0.2, -0.15) is 0 Å². The van der Waals surface area contributed by atoms with Gasteiger partial charge in [-0.25, -0.2) is 0 Å². The number of carbonyl (C=O) groups is 2. The van der Waals surface area contributed by atoms with Crippen molar-refractivity contribution in [3.8, 4) is 0 Å². The van der Waals surface area contributed by atoms with Gasteiger partial charge in [-0.3, -0.25) is 14.9 Å². The summed E-state index contributed by atoms with van der Waals surface area (Å²) in [7, 11) is 1.87. The van der Waals surface area contributed by atoms with Crippen molar-refractivity contribution in [2.75, 3.05) is 20.1 Å². The molecule has 5 nitrogen and oxygen atoms in total. The summed E-state index contributed by atoms with van der Waals surface area (Å²) in [6, 6.07) is 17.3. The van der Waals surface area contributed by atoms with Crippen molar-refractivity contribution < 1.29 is 9.59 Å². The molecular formula is C24H26ClN3O2. The van der Waals surface area contributed by atoms with Crippen LogP contribution in [0.1, 0.15) is 24.0 Å². The van der Waals surface area contributed by atoms with Crippen molar-refractivity contribution in [1.29, 1.82) is 0 Å². The minimum Gasteiger partial charge on any atom is -0.339 e. The zero-order chi connectivity index (χ0) is 21.1. The maximum absolute atomic E-state index is 12.8. The Balaban J connectivity index is 1.38. The third kappa shape index (κ3) is 4.13. The first-order valence-corrected chi connectivity index (χ1v) is 10.7. The molecule has 2 amide bonds. The second-order valence-corrected chi connectivity index (χ2v) is 8.40. The van der Waals surface area contributed by atoms with Crippen LogP contribution in [0.2, 0.25) is 5.02 Å². The lowest BCUT2D eigenvalue weighted by molar-refractivity contribution is -0.133. The van der Waals surface area contributed by atoms with Crippen molar-refractivity contribution in [3.05, 3.63) is 76.8 Å². The molecule has 156 valence electrons. The zero-order valence-electron chi connectivity index (χ0n) is 17.1. The Morgan fingerprint density at radius 3 is 2.50 bits per heavy atom. The van der Waals surface area contributed by atoms with Gasteiger partial charge in [0, 0.05) is 44.1 Å². The number of benzene rings is 2. The number of carbonyl (C=O) groups excluding carboxylic acids is 2.